The Balaban J connectivity index is 1.58. The van der Waals surface area contributed by atoms with Gasteiger partial charge in [0.15, 0.2) is 0 Å². The Morgan fingerprint density at radius 1 is 1.22 bits per heavy atom. The minimum absolute atomic E-state index is 0.000897. The Morgan fingerprint density at radius 2 is 2.00 bits per heavy atom. The molecule has 2 aromatic heterocycles. The summed E-state index contributed by atoms with van der Waals surface area (Å²) in [6.45, 7) is 0. The zero-order chi connectivity index (χ0) is 19.0. The highest BCUT2D eigenvalue weighted by molar-refractivity contribution is 7.14. The summed E-state index contributed by atoms with van der Waals surface area (Å²) in [5.41, 5.74) is 3.17. The molecule has 2 heterocycles. The molecule has 0 aliphatic heterocycles. The summed E-state index contributed by atoms with van der Waals surface area (Å²) in [7, 11) is 0. The molecule has 9 nitrogen and oxygen atoms in total. The maximum Gasteiger partial charge on any atom is 0.274 e. The lowest BCUT2D eigenvalue weighted by Gasteiger charge is -2.13. The Kier molecular flexibility index (Phi) is 4.11. The van der Waals surface area contributed by atoms with Crippen LogP contribution in [0.4, 0.5) is 10.8 Å². The molecule has 2 aromatic carbocycles. The Morgan fingerprint density at radius 3 is 2.74 bits per heavy atom. The lowest BCUT2D eigenvalue weighted by atomic mass is 10.1. The van der Waals surface area contributed by atoms with E-state index in [1.54, 1.807) is 42.0 Å². The number of fused-ring (bicyclic) bond motifs is 1. The average Bonchev–Trinajstić information content (AvgIpc) is 3.35. The van der Waals surface area contributed by atoms with Crippen LogP contribution in [0.15, 0.2) is 54.2 Å². The van der Waals surface area contributed by atoms with Crippen LogP contribution in [0.2, 0.25) is 0 Å². The number of nitrogens with one attached hydrogen (secondary N) is 1. The summed E-state index contributed by atoms with van der Waals surface area (Å²) < 4.78 is 0. The topological polar surface area (TPSA) is 131 Å². The van der Waals surface area contributed by atoms with Crippen LogP contribution < -0.4 is 10.9 Å². The first kappa shape index (κ1) is 16.8. The predicted molar refractivity (Wildman–Crippen MR) is 101 cm³/mol. The highest BCUT2D eigenvalue weighted by Gasteiger charge is 2.19. The van der Waals surface area contributed by atoms with E-state index >= 15 is 0 Å². The molecule has 4 rings (SSSR count). The number of hydrazine groups is 1. The van der Waals surface area contributed by atoms with Crippen molar-refractivity contribution in [3.05, 3.63) is 69.8 Å². The number of amides is 1. The summed E-state index contributed by atoms with van der Waals surface area (Å²) in [6, 6.07) is 11.1. The van der Waals surface area contributed by atoms with Crippen molar-refractivity contribution in [3.8, 4) is 11.3 Å². The van der Waals surface area contributed by atoms with Crippen LogP contribution in [0, 0.1) is 10.1 Å². The smallest absolute Gasteiger partial charge is 0.274 e. The molecule has 134 valence electrons. The monoisotopic (exact) mass is 380 g/mol. The van der Waals surface area contributed by atoms with Gasteiger partial charge in [0.2, 0.25) is 5.13 Å². The first-order chi connectivity index (χ1) is 13.0. The summed E-state index contributed by atoms with van der Waals surface area (Å²) in [6.07, 6.45) is 1.55. The average molecular weight is 380 g/mol. The first-order valence-electron chi connectivity index (χ1n) is 7.75. The zero-order valence-electron chi connectivity index (χ0n) is 13.7. The number of rotatable bonds is 4. The lowest BCUT2D eigenvalue weighted by molar-refractivity contribution is -0.384. The van der Waals surface area contributed by atoms with E-state index < -0.39 is 10.8 Å². The summed E-state index contributed by atoms with van der Waals surface area (Å²) in [5.74, 6) is 5.56. The molecule has 0 aliphatic rings. The second-order valence-electron chi connectivity index (χ2n) is 5.63. The number of imidazole rings is 1. The molecule has 0 aliphatic carbocycles. The van der Waals surface area contributed by atoms with Gasteiger partial charge in [-0.2, -0.15) is 0 Å². The molecule has 10 heteroatoms. The number of nitro benzene ring substituents is 1. The van der Waals surface area contributed by atoms with Crippen LogP contribution in [0.5, 0.6) is 0 Å². The quantitative estimate of drug-likeness (QED) is 0.242. The molecular formula is C17H12N6O3S. The van der Waals surface area contributed by atoms with Crippen molar-refractivity contribution in [1.82, 2.24) is 15.0 Å². The number of nitrogens with zero attached hydrogens (tertiary/aromatic N) is 4. The Labute approximate surface area is 156 Å². The number of non-ortho nitro benzene ring substituents is 1. The van der Waals surface area contributed by atoms with Gasteiger partial charge in [-0.25, -0.2) is 20.8 Å². The molecule has 0 atom stereocenters. The van der Waals surface area contributed by atoms with E-state index in [9.17, 15) is 14.9 Å². The van der Waals surface area contributed by atoms with E-state index in [-0.39, 0.29) is 5.69 Å². The van der Waals surface area contributed by atoms with Crippen LogP contribution >= 0.6 is 11.3 Å². The summed E-state index contributed by atoms with van der Waals surface area (Å²) in [5, 5.41) is 13.8. The largest absolute Gasteiger partial charge is 0.345 e. The van der Waals surface area contributed by atoms with Gasteiger partial charge in [0.25, 0.3) is 11.6 Å². The van der Waals surface area contributed by atoms with Gasteiger partial charge in [-0.15, -0.1) is 11.3 Å². The number of carbonyl (C=O) groups is 1. The molecule has 0 radical (unpaired) electrons. The maximum atomic E-state index is 12.6. The van der Waals surface area contributed by atoms with Gasteiger partial charge in [-0.05, 0) is 30.3 Å². The van der Waals surface area contributed by atoms with Gasteiger partial charge in [0.1, 0.15) is 0 Å². The number of thiazole rings is 1. The number of hydrogen-bond acceptors (Lipinski definition) is 7. The molecule has 27 heavy (non-hydrogen) atoms. The summed E-state index contributed by atoms with van der Waals surface area (Å²) in [4.78, 5) is 34.3. The van der Waals surface area contributed by atoms with Crippen molar-refractivity contribution in [3.63, 3.8) is 0 Å². The normalized spacial score (nSPS) is 10.9. The van der Waals surface area contributed by atoms with E-state index in [1.165, 1.54) is 23.5 Å². The molecule has 0 unspecified atom stereocenters. The third-order valence-electron chi connectivity index (χ3n) is 3.96. The number of H-pyrrole nitrogens is 1. The highest BCUT2D eigenvalue weighted by atomic mass is 32.1. The van der Waals surface area contributed by atoms with Crippen molar-refractivity contribution in [2.75, 3.05) is 5.01 Å². The van der Waals surface area contributed by atoms with Gasteiger partial charge in [-0.1, -0.05) is 0 Å². The molecule has 1 amide bonds. The van der Waals surface area contributed by atoms with Crippen LogP contribution in [0.3, 0.4) is 0 Å². The minimum Gasteiger partial charge on any atom is -0.345 e. The van der Waals surface area contributed by atoms with E-state index in [0.29, 0.717) is 22.0 Å². The van der Waals surface area contributed by atoms with Crippen molar-refractivity contribution >= 4 is 39.1 Å². The van der Waals surface area contributed by atoms with Gasteiger partial charge >= 0.3 is 0 Å². The highest BCUT2D eigenvalue weighted by Crippen LogP contribution is 2.28. The van der Waals surface area contributed by atoms with Crippen molar-refractivity contribution < 1.29 is 9.72 Å². The third kappa shape index (κ3) is 3.14. The van der Waals surface area contributed by atoms with E-state index in [4.69, 9.17) is 5.84 Å². The number of benzene rings is 2. The number of aromatic nitrogens is 3. The lowest BCUT2D eigenvalue weighted by Crippen LogP contribution is -2.37. The fourth-order valence-electron chi connectivity index (χ4n) is 2.56. The van der Waals surface area contributed by atoms with Crippen LogP contribution in [0.25, 0.3) is 22.3 Å². The predicted octanol–water partition coefficient (Wildman–Crippen LogP) is 3.12. The number of aromatic amines is 1. The second kappa shape index (κ2) is 6.59. The number of hydrogen-bond donors (Lipinski definition) is 2. The molecule has 0 fully saturated rings. The van der Waals surface area contributed by atoms with Crippen LogP contribution in [0.1, 0.15) is 10.4 Å². The zero-order valence-corrected chi connectivity index (χ0v) is 14.5. The van der Waals surface area contributed by atoms with Gasteiger partial charge in [-0.3, -0.25) is 14.9 Å². The molecule has 0 saturated heterocycles. The molecular weight excluding hydrogens is 368 g/mol. The first-order valence-corrected chi connectivity index (χ1v) is 8.63. The van der Waals surface area contributed by atoms with E-state index in [1.807, 2.05) is 0 Å². The fourth-order valence-corrected chi connectivity index (χ4v) is 3.31. The molecule has 3 N–H and O–H groups in total. The molecule has 0 bridgehead atoms. The summed E-state index contributed by atoms with van der Waals surface area (Å²) >= 11 is 1.21. The number of nitrogens with two attached hydrogens (primary N) is 1. The van der Waals surface area contributed by atoms with Gasteiger partial charge < -0.3 is 4.98 Å². The van der Waals surface area contributed by atoms with Gasteiger partial charge in [0.05, 0.1) is 28.0 Å². The molecule has 0 saturated carbocycles. The van der Waals surface area contributed by atoms with Crippen molar-refractivity contribution in [2.45, 2.75) is 0 Å². The van der Waals surface area contributed by atoms with Crippen molar-refractivity contribution in [1.29, 1.82) is 0 Å². The Bertz CT molecular complexity index is 1150. The SMILES string of the molecule is NN(C(=O)c1ccc2nc[nH]c2c1)c1nc(-c2ccc([N+](=O)[O-])cc2)cs1. The number of carbonyl (C=O) groups excluding carboxylic acids is 1. The number of nitro groups is 1. The maximum absolute atomic E-state index is 12.6. The minimum atomic E-state index is -0.465. The van der Waals surface area contributed by atoms with Gasteiger partial charge in [0, 0.05) is 28.6 Å². The standard InChI is InChI=1S/C17H12N6O3S/c18-22(16(24)11-3-6-13-14(7-11)20-9-19-13)17-21-15(8-27-17)10-1-4-12(5-2-10)23(25)26/h1-9H,18H2,(H,19,20). The fraction of sp³-hybridized carbons (Fsp3) is 0. The Hall–Kier alpha value is -3.63. The van der Waals surface area contributed by atoms with Crippen LogP contribution in [-0.4, -0.2) is 25.8 Å². The van der Waals surface area contributed by atoms with E-state index in [0.717, 1.165) is 16.0 Å². The number of anilines is 1. The third-order valence-corrected chi connectivity index (χ3v) is 4.80. The van der Waals surface area contributed by atoms with Crippen molar-refractivity contribution in [2.24, 2.45) is 5.84 Å². The second-order valence-corrected chi connectivity index (χ2v) is 6.47. The van der Waals surface area contributed by atoms with Crippen LogP contribution in [-0.2, 0) is 0 Å². The van der Waals surface area contributed by atoms with E-state index in [2.05, 4.69) is 15.0 Å². The molecule has 0 spiro atoms. The molecule has 4 aromatic rings.